The number of anilines is 2. The Bertz CT molecular complexity index is 595. The first-order chi connectivity index (χ1) is 15.1. The fourth-order valence-corrected chi connectivity index (χ4v) is 3.46. The summed E-state index contributed by atoms with van der Waals surface area (Å²) in [5, 5.41) is 6.41. The third-order valence-corrected chi connectivity index (χ3v) is 5.13. The molecular weight excluding hydrogens is 392 g/mol. The molecule has 0 radical (unpaired) electrons. The van der Waals surface area contributed by atoms with Gasteiger partial charge >= 0.3 is 0 Å². The van der Waals surface area contributed by atoms with Gasteiger partial charge in [0.1, 0.15) is 12.4 Å². The van der Waals surface area contributed by atoms with Gasteiger partial charge in [0.05, 0.1) is 18.9 Å². The van der Waals surface area contributed by atoms with Gasteiger partial charge < -0.3 is 24.8 Å². The molecule has 1 amide bonds. The molecule has 1 aromatic rings. The zero-order valence-electron chi connectivity index (χ0n) is 20.1. The van der Waals surface area contributed by atoms with Crippen LogP contribution in [-0.2, 0) is 14.3 Å². The van der Waals surface area contributed by atoms with Crippen LogP contribution in [0.3, 0.4) is 0 Å². The molecule has 6 heteroatoms. The highest BCUT2D eigenvalue weighted by Crippen LogP contribution is 2.29. The van der Waals surface area contributed by atoms with E-state index in [0.717, 1.165) is 30.0 Å². The lowest BCUT2D eigenvalue weighted by atomic mass is 10.1. The van der Waals surface area contributed by atoms with Crippen molar-refractivity contribution in [2.24, 2.45) is 0 Å². The monoisotopic (exact) mass is 436 g/mol. The predicted octanol–water partition coefficient (Wildman–Crippen LogP) is 6.02. The number of hydrogen-bond acceptors (Lipinski definition) is 5. The molecule has 6 nitrogen and oxygen atoms in total. The number of rotatable bonds is 19. The number of carbonyl (C=O) groups is 1. The van der Waals surface area contributed by atoms with Crippen LogP contribution in [0.25, 0.3) is 0 Å². The van der Waals surface area contributed by atoms with Crippen LogP contribution in [0.5, 0.6) is 5.75 Å². The normalized spacial score (nSPS) is 11.9. The Morgan fingerprint density at radius 3 is 2.26 bits per heavy atom. The van der Waals surface area contributed by atoms with Gasteiger partial charge in [0.25, 0.3) is 0 Å². The van der Waals surface area contributed by atoms with Crippen LogP contribution >= 0.6 is 0 Å². The highest BCUT2D eigenvalue weighted by atomic mass is 16.5. The van der Waals surface area contributed by atoms with Crippen molar-refractivity contribution in [1.82, 2.24) is 0 Å². The molecule has 1 unspecified atom stereocenters. The molecule has 0 aliphatic carbocycles. The summed E-state index contributed by atoms with van der Waals surface area (Å²) in [6.07, 6.45) is 11.8. The predicted molar refractivity (Wildman–Crippen MR) is 129 cm³/mol. The first-order valence-corrected chi connectivity index (χ1v) is 11.9. The van der Waals surface area contributed by atoms with Gasteiger partial charge in [-0.3, -0.25) is 4.79 Å². The van der Waals surface area contributed by atoms with Crippen molar-refractivity contribution in [1.29, 1.82) is 0 Å². The van der Waals surface area contributed by atoms with Crippen molar-refractivity contribution in [3.05, 3.63) is 18.2 Å². The first kappa shape index (κ1) is 27.2. The molecule has 0 aromatic heterocycles. The Morgan fingerprint density at radius 1 is 0.935 bits per heavy atom. The summed E-state index contributed by atoms with van der Waals surface area (Å²) in [5.74, 6) is 0.795. The van der Waals surface area contributed by atoms with Crippen LogP contribution in [0.2, 0.25) is 0 Å². The SMILES string of the molecule is CCCCCCCCCCCC(=O)Nc1ccc(OCCOC)c(NC(C)COC)c1. The maximum Gasteiger partial charge on any atom is 0.224 e. The Balaban J connectivity index is 2.44. The molecule has 31 heavy (non-hydrogen) atoms. The number of unbranched alkanes of at least 4 members (excludes halogenated alkanes) is 8. The van der Waals surface area contributed by atoms with Crippen LogP contribution in [0.1, 0.15) is 78.1 Å². The quantitative estimate of drug-likeness (QED) is 0.260. The van der Waals surface area contributed by atoms with Crippen molar-refractivity contribution < 1.29 is 19.0 Å². The molecule has 0 saturated heterocycles. The van der Waals surface area contributed by atoms with Gasteiger partial charge in [-0.15, -0.1) is 0 Å². The van der Waals surface area contributed by atoms with Crippen LogP contribution in [-0.4, -0.2) is 46.0 Å². The third-order valence-electron chi connectivity index (χ3n) is 5.13. The van der Waals surface area contributed by atoms with Crippen molar-refractivity contribution in [3.63, 3.8) is 0 Å². The lowest BCUT2D eigenvalue weighted by molar-refractivity contribution is -0.116. The molecule has 0 fully saturated rings. The largest absolute Gasteiger partial charge is 0.489 e. The average Bonchev–Trinajstić information content (AvgIpc) is 2.74. The average molecular weight is 437 g/mol. The summed E-state index contributed by atoms with van der Waals surface area (Å²) in [6, 6.07) is 5.79. The molecular formula is C25H44N2O4. The van der Waals surface area contributed by atoms with E-state index >= 15 is 0 Å². The van der Waals surface area contributed by atoms with E-state index in [1.165, 1.54) is 44.9 Å². The molecule has 1 rings (SSSR count). The molecule has 2 N–H and O–H groups in total. The second kappa shape index (κ2) is 17.8. The number of benzene rings is 1. The zero-order chi connectivity index (χ0) is 22.7. The molecule has 178 valence electrons. The highest BCUT2D eigenvalue weighted by molar-refractivity contribution is 5.91. The summed E-state index contributed by atoms with van der Waals surface area (Å²) in [4.78, 5) is 12.4. The molecule has 0 heterocycles. The van der Waals surface area contributed by atoms with Crippen LogP contribution in [0, 0.1) is 0 Å². The summed E-state index contributed by atoms with van der Waals surface area (Å²) in [6.45, 7) is 5.85. The summed E-state index contributed by atoms with van der Waals surface area (Å²) in [7, 11) is 3.33. The van der Waals surface area contributed by atoms with Gasteiger partial charge in [-0.25, -0.2) is 0 Å². The summed E-state index contributed by atoms with van der Waals surface area (Å²) in [5.41, 5.74) is 1.61. The summed E-state index contributed by atoms with van der Waals surface area (Å²) >= 11 is 0. The molecule has 0 aliphatic rings. The van der Waals surface area contributed by atoms with E-state index < -0.39 is 0 Å². The minimum atomic E-state index is 0.0619. The number of ether oxygens (including phenoxy) is 3. The van der Waals surface area contributed by atoms with E-state index in [2.05, 4.69) is 17.6 Å². The number of hydrogen-bond donors (Lipinski definition) is 2. The minimum Gasteiger partial charge on any atom is -0.489 e. The number of nitrogens with one attached hydrogen (secondary N) is 2. The van der Waals surface area contributed by atoms with E-state index in [1.807, 2.05) is 25.1 Å². The highest BCUT2D eigenvalue weighted by Gasteiger charge is 2.11. The lowest BCUT2D eigenvalue weighted by Crippen LogP contribution is -2.21. The van der Waals surface area contributed by atoms with Crippen molar-refractivity contribution in [3.8, 4) is 5.75 Å². The van der Waals surface area contributed by atoms with Crippen LogP contribution in [0.4, 0.5) is 11.4 Å². The maximum absolute atomic E-state index is 12.4. The topological polar surface area (TPSA) is 68.8 Å². The Labute approximate surface area is 189 Å². The third kappa shape index (κ3) is 13.3. The van der Waals surface area contributed by atoms with Gasteiger partial charge in [-0.2, -0.15) is 0 Å². The molecule has 0 saturated carbocycles. The second-order valence-corrected chi connectivity index (χ2v) is 8.18. The second-order valence-electron chi connectivity index (χ2n) is 8.18. The standard InChI is InChI=1S/C25H44N2O4/c1-5-6-7-8-9-10-11-12-13-14-25(28)27-22-15-16-24(31-18-17-29-3)23(19-22)26-21(2)20-30-4/h15-16,19,21,26H,5-14,17-18,20H2,1-4H3,(H,27,28). The molecule has 1 atom stereocenters. The molecule has 0 spiro atoms. The van der Waals surface area contributed by atoms with E-state index in [4.69, 9.17) is 14.2 Å². The zero-order valence-corrected chi connectivity index (χ0v) is 20.1. The van der Waals surface area contributed by atoms with Crippen LogP contribution < -0.4 is 15.4 Å². The number of methoxy groups -OCH3 is 2. The fraction of sp³-hybridized carbons (Fsp3) is 0.720. The van der Waals surface area contributed by atoms with E-state index in [9.17, 15) is 4.79 Å². The van der Waals surface area contributed by atoms with Gasteiger partial charge in [0.15, 0.2) is 0 Å². The van der Waals surface area contributed by atoms with Gasteiger partial charge in [-0.1, -0.05) is 58.3 Å². The minimum absolute atomic E-state index is 0.0619. The van der Waals surface area contributed by atoms with E-state index in [1.54, 1.807) is 14.2 Å². The lowest BCUT2D eigenvalue weighted by Gasteiger charge is -2.19. The molecule has 1 aromatic carbocycles. The van der Waals surface area contributed by atoms with Crippen molar-refractivity contribution in [2.45, 2.75) is 84.1 Å². The first-order valence-electron chi connectivity index (χ1n) is 11.9. The Morgan fingerprint density at radius 2 is 1.61 bits per heavy atom. The van der Waals surface area contributed by atoms with Gasteiger partial charge in [-0.05, 0) is 31.5 Å². The maximum atomic E-state index is 12.4. The fourth-order valence-electron chi connectivity index (χ4n) is 3.46. The van der Waals surface area contributed by atoms with Crippen molar-refractivity contribution in [2.75, 3.05) is 44.7 Å². The summed E-state index contributed by atoms with van der Waals surface area (Å²) < 4.78 is 16.1. The Hall–Kier alpha value is -1.79. The van der Waals surface area contributed by atoms with Crippen LogP contribution in [0.15, 0.2) is 18.2 Å². The number of carbonyl (C=O) groups excluding carboxylic acids is 1. The Kier molecular flexibility index (Phi) is 15.7. The smallest absolute Gasteiger partial charge is 0.224 e. The van der Waals surface area contributed by atoms with Gasteiger partial charge in [0.2, 0.25) is 5.91 Å². The number of amides is 1. The van der Waals surface area contributed by atoms with Gasteiger partial charge in [0, 0.05) is 32.4 Å². The molecule has 0 bridgehead atoms. The van der Waals surface area contributed by atoms with Crippen molar-refractivity contribution >= 4 is 17.3 Å². The van der Waals surface area contributed by atoms with E-state index in [-0.39, 0.29) is 11.9 Å². The molecule has 0 aliphatic heterocycles. The van der Waals surface area contributed by atoms with E-state index in [0.29, 0.717) is 26.2 Å².